The fourth-order valence-corrected chi connectivity index (χ4v) is 4.94. The molecule has 31 heavy (non-hydrogen) atoms. The minimum absolute atomic E-state index is 0. The van der Waals surface area contributed by atoms with E-state index < -0.39 is 20.2 Å². The van der Waals surface area contributed by atoms with Crippen LogP contribution in [0.2, 0.25) is 0 Å². The van der Waals surface area contributed by atoms with Crippen LogP contribution in [-0.4, -0.2) is 63.7 Å². The van der Waals surface area contributed by atoms with Gasteiger partial charge in [0, 0.05) is 10.8 Å². The van der Waals surface area contributed by atoms with Crippen LogP contribution in [0.1, 0.15) is 11.1 Å². The van der Waals surface area contributed by atoms with Crippen molar-refractivity contribution in [1.29, 1.82) is 0 Å². The van der Waals surface area contributed by atoms with Crippen LogP contribution >= 0.6 is 0 Å². The summed E-state index contributed by atoms with van der Waals surface area (Å²) in [6, 6.07) is 20.2. The van der Waals surface area contributed by atoms with E-state index in [1.54, 1.807) is 62.4 Å². The Bertz CT molecular complexity index is 1340. The second-order valence-electron chi connectivity index (χ2n) is 6.77. The van der Waals surface area contributed by atoms with E-state index >= 15 is 0 Å². The standard InChI is InChI=1S/2C11H10O3S.Ca/c2*1-8-4-2-5-9-6-3-7-10(11(8)9)15(12,13)14;/h2*2-7H,1H3,(H,12,13,14);/q;;+2/p-2. The molecule has 0 aliphatic carbocycles. The van der Waals surface area contributed by atoms with Crippen molar-refractivity contribution in [1.82, 2.24) is 0 Å². The molecule has 0 atom stereocenters. The van der Waals surface area contributed by atoms with E-state index in [-0.39, 0.29) is 47.5 Å². The molecule has 0 saturated heterocycles. The molecule has 0 heterocycles. The summed E-state index contributed by atoms with van der Waals surface area (Å²) in [4.78, 5) is -0.281. The van der Waals surface area contributed by atoms with Gasteiger partial charge in [-0.1, -0.05) is 60.7 Å². The summed E-state index contributed by atoms with van der Waals surface area (Å²) >= 11 is 0. The maximum atomic E-state index is 11.0. The van der Waals surface area contributed by atoms with Gasteiger partial charge in [-0.25, -0.2) is 16.8 Å². The molecular weight excluding hydrogens is 464 g/mol. The van der Waals surface area contributed by atoms with Crippen LogP contribution in [0.4, 0.5) is 0 Å². The molecule has 0 bridgehead atoms. The van der Waals surface area contributed by atoms with E-state index in [4.69, 9.17) is 0 Å². The molecular formula is C22H18CaO6S2. The molecule has 0 N–H and O–H groups in total. The first kappa shape index (κ1) is 25.7. The van der Waals surface area contributed by atoms with Crippen LogP contribution in [0.5, 0.6) is 0 Å². The zero-order chi connectivity index (χ0) is 22.1. The van der Waals surface area contributed by atoms with Crippen LogP contribution in [-0.2, 0) is 20.2 Å². The number of fused-ring (bicyclic) bond motifs is 2. The number of rotatable bonds is 2. The Labute approximate surface area is 211 Å². The van der Waals surface area contributed by atoms with Gasteiger partial charge in [-0.05, 0) is 47.9 Å². The molecule has 0 amide bonds. The van der Waals surface area contributed by atoms with Gasteiger partial charge in [0.2, 0.25) is 0 Å². The third-order valence-corrected chi connectivity index (χ3v) is 6.45. The van der Waals surface area contributed by atoms with Gasteiger partial charge in [-0.3, -0.25) is 0 Å². The van der Waals surface area contributed by atoms with E-state index in [9.17, 15) is 25.9 Å². The summed E-state index contributed by atoms with van der Waals surface area (Å²) in [6.07, 6.45) is 0. The summed E-state index contributed by atoms with van der Waals surface area (Å²) in [5.41, 5.74) is 1.59. The second kappa shape index (κ2) is 9.95. The maximum Gasteiger partial charge on any atom is 2.00 e. The third-order valence-electron chi connectivity index (χ3n) is 4.69. The molecule has 9 heteroatoms. The van der Waals surface area contributed by atoms with Crippen molar-refractivity contribution in [3.63, 3.8) is 0 Å². The molecule has 4 aromatic rings. The normalized spacial score (nSPS) is 11.5. The molecule has 0 aliphatic rings. The van der Waals surface area contributed by atoms with Gasteiger partial charge in [0.05, 0.1) is 9.79 Å². The van der Waals surface area contributed by atoms with Gasteiger partial charge in [-0.2, -0.15) is 0 Å². The average molecular weight is 483 g/mol. The Morgan fingerprint density at radius 3 is 1.13 bits per heavy atom. The summed E-state index contributed by atoms with van der Waals surface area (Å²) in [5.74, 6) is 0. The van der Waals surface area contributed by atoms with Crippen LogP contribution in [0.25, 0.3) is 21.5 Å². The van der Waals surface area contributed by atoms with Crippen molar-refractivity contribution in [3.8, 4) is 0 Å². The second-order valence-corrected chi connectivity index (χ2v) is 9.46. The Morgan fingerprint density at radius 2 is 0.839 bits per heavy atom. The van der Waals surface area contributed by atoms with Gasteiger partial charge in [0.15, 0.2) is 0 Å². The largest absolute Gasteiger partial charge is 2.00 e. The van der Waals surface area contributed by atoms with Crippen molar-refractivity contribution in [2.24, 2.45) is 0 Å². The Balaban J connectivity index is 0.000000213. The van der Waals surface area contributed by atoms with E-state index in [1.165, 1.54) is 12.1 Å². The molecule has 0 aromatic heterocycles. The van der Waals surface area contributed by atoms with Crippen molar-refractivity contribution < 1.29 is 25.9 Å². The Kier molecular flexibility index (Phi) is 8.27. The first-order chi connectivity index (χ1) is 14.0. The van der Waals surface area contributed by atoms with E-state index in [1.807, 2.05) is 12.1 Å². The molecule has 0 radical (unpaired) electrons. The van der Waals surface area contributed by atoms with Crippen molar-refractivity contribution in [2.75, 3.05) is 0 Å². The molecule has 156 valence electrons. The topological polar surface area (TPSA) is 114 Å². The summed E-state index contributed by atoms with van der Waals surface area (Å²) in [6.45, 7) is 3.58. The molecule has 0 aliphatic heterocycles. The van der Waals surface area contributed by atoms with Gasteiger partial charge < -0.3 is 9.11 Å². The van der Waals surface area contributed by atoms with Crippen LogP contribution in [0.3, 0.4) is 0 Å². The Morgan fingerprint density at radius 1 is 0.548 bits per heavy atom. The zero-order valence-electron chi connectivity index (χ0n) is 16.9. The van der Waals surface area contributed by atoms with Crippen molar-refractivity contribution in [3.05, 3.63) is 83.9 Å². The van der Waals surface area contributed by atoms with Gasteiger partial charge in [-0.15, -0.1) is 0 Å². The SMILES string of the molecule is Cc1cccc2cccc(S(=O)(=O)[O-])c12.Cc1cccc2cccc(S(=O)(=O)[O-])c12.[Ca+2]. The van der Waals surface area contributed by atoms with Crippen molar-refractivity contribution >= 4 is 79.5 Å². The van der Waals surface area contributed by atoms with Crippen LogP contribution in [0, 0.1) is 13.8 Å². The van der Waals surface area contributed by atoms with Crippen LogP contribution < -0.4 is 0 Å². The molecule has 0 saturated carbocycles. The number of hydrogen-bond donors (Lipinski definition) is 0. The maximum absolute atomic E-state index is 11.0. The monoisotopic (exact) mass is 482 g/mol. The molecule has 0 fully saturated rings. The predicted molar refractivity (Wildman–Crippen MR) is 119 cm³/mol. The molecule has 4 rings (SSSR count). The fourth-order valence-electron chi connectivity index (χ4n) is 3.39. The Hall–Kier alpha value is -1.52. The number of hydrogen-bond acceptors (Lipinski definition) is 6. The number of aryl methyl sites for hydroxylation is 2. The average Bonchev–Trinajstić information content (AvgIpc) is 2.67. The van der Waals surface area contributed by atoms with E-state index in [0.717, 1.165) is 21.9 Å². The zero-order valence-corrected chi connectivity index (χ0v) is 20.7. The van der Waals surface area contributed by atoms with E-state index in [0.29, 0.717) is 10.8 Å². The van der Waals surface area contributed by atoms with E-state index in [2.05, 4.69) is 0 Å². The minimum atomic E-state index is -4.40. The summed E-state index contributed by atoms with van der Waals surface area (Å²) < 4.78 is 66.3. The molecule has 0 unspecified atom stereocenters. The quantitative estimate of drug-likeness (QED) is 0.318. The third kappa shape index (κ3) is 5.84. The number of benzene rings is 4. The first-order valence-corrected chi connectivity index (χ1v) is 11.7. The molecule has 4 aromatic carbocycles. The summed E-state index contributed by atoms with van der Waals surface area (Å²) in [5, 5.41) is 2.59. The first-order valence-electron chi connectivity index (χ1n) is 8.88. The molecule has 0 spiro atoms. The van der Waals surface area contributed by atoms with Gasteiger partial charge in [0.25, 0.3) is 0 Å². The van der Waals surface area contributed by atoms with Crippen molar-refractivity contribution in [2.45, 2.75) is 23.6 Å². The van der Waals surface area contributed by atoms with Gasteiger partial charge in [0.1, 0.15) is 20.2 Å². The van der Waals surface area contributed by atoms with Crippen LogP contribution in [0.15, 0.2) is 82.6 Å². The fraction of sp³-hybridized carbons (Fsp3) is 0.0909. The molecule has 6 nitrogen and oxygen atoms in total. The predicted octanol–water partition coefficient (Wildman–Crippen LogP) is 3.72. The summed E-state index contributed by atoms with van der Waals surface area (Å²) in [7, 11) is -8.80. The minimum Gasteiger partial charge on any atom is -0.744 e. The smallest absolute Gasteiger partial charge is 0.744 e. The van der Waals surface area contributed by atoms with Gasteiger partial charge >= 0.3 is 37.7 Å².